The monoisotopic (exact) mass is 334 g/mol. The summed E-state index contributed by atoms with van der Waals surface area (Å²) in [6.07, 6.45) is 4.04. The first-order valence-corrected chi connectivity index (χ1v) is 10.5. The van der Waals surface area contributed by atoms with Gasteiger partial charge in [0.15, 0.2) is 0 Å². The van der Waals surface area contributed by atoms with E-state index in [0.29, 0.717) is 5.04 Å². The summed E-state index contributed by atoms with van der Waals surface area (Å²) in [6, 6.07) is 10.8. The molecule has 128 valence electrons. The third kappa shape index (κ3) is 4.93. The Morgan fingerprint density at radius 1 is 0.870 bits per heavy atom. The zero-order valence-corrected chi connectivity index (χ0v) is 16.2. The predicted molar refractivity (Wildman–Crippen MR) is 98.7 cm³/mol. The Morgan fingerprint density at radius 2 is 1.35 bits per heavy atom. The molecule has 0 atom stereocenters. The van der Waals surface area contributed by atoms with E-state index in [-0.39, 0.29) is 16.6 Å². The third-order valence-electron chi connectivity index (χ3n) is 5.08. The first-order chi connectivity index (χ1) is 9.66. The van der Waals surface area contributed by atoms with Crippen molar-refractivity contribution in [2.24, 2.45) is 0 Å². The fourth-order valence-corrected chi connectivity index (χ4v) is 8.56. The molecule has 23 heavy (non-hydrogen) atoms. The Balaban J connectivity index is 0.00000242. The van der Waals surface area contributed by atoms with Crippen LogP contribution in [0.25, 0.3) is 0 Å². The van der Waals surface area contributed by atoms with E-state index in [9.17, 15) is 0 Å². The van der Waals surface area contributed by atoms with E-state index in [4.69, 9.17) is 12.3 Å². The van der Waals surface area contributed by atoms with E-state index in [0.717, 1.165) is 5.46 Å². The van der Waals surface area contributed by atoms with Crippen LogP contribution in [0.4, 0.5) is 0 Å². The van der Waals surface area contributed by atoms with Gasteiger partial charge >= 0.3 is 132 Å². The first-order valence-electron chi connectivity index (χ1n) is 8.23. The quantitative estimate of drug-likeness (QED) is 0.774. The molecule has 1 aromatic carbocycles. The van der Waals surface area contributed by atoms with Crippen LogP contribution in [-0.2, 0) is 10.0 Å². The Bertz CT molecular complexity index is 474. The summed E-state index contributed by atoms with van der Waals surface area (Å²) in [5.41, 5.74) is 1.82. The third-order valence-corrected chi connectivity index (χ3v) is 11.0. The molecule has 0 spiro atoms. The van der Waals surface area contributed by atoms with E-state index in [1.165, 1.54) is 36.9 Å². The summed E-state index contributed by atoms with van der Waals surface area (Å²) in [7, 11) is 4.07. The summed E-state index contributed by atoms with van der Waals surface area (Å²) >= 11 is 0. The van der Waals surface area contributed by atoms with Crippen LogP contribution in [-0.4, -0.2) is 27.1 Å². The summed E-state index contributed by atoms with van der Waals surface area (Å²) in [6.45, 7) is 11.6. The Morgan fingerprint density at radius 3 is 1.78 bits per heavy atom. The SMILES string of the molecule is [B+2]c1ccc(C(C)(C)O[Si]2(C(C)(C)C)CCCCC2)cc1.[OH-].[OH-]. The van der Waals surface area contributed by atoms with Crippen molar-refractivity contribution in [1.82, 2.24) is 0 Å². The van der Waals surface area contributed by atoms with Crippen LogP contribution in [0, 0.1) is 0 Å². The Kier molecular flexibility index (Phi) is 7.76. The molecule has 0 bridgehead atoms. The van der Waals surface area contributed by atoms with Crippen molar-refractivity contribution in [1.29, 1.82) is 0 Å². The van der Waals surface area contributed by atoms with Crippen molar-refractivity contribution in [2.45, 2.75) is 76.6 Å². The average Bonchev–Trinajstić information content (AvgIpc) is 2.38. The predicted octanol–water partition coefficient (Wildman–Crippen LogP) is 4.31. The van der Waals surface area contributed by atoms with Gasteiger partial charge in [0.2, 0.25) is 0 Å². The fourth-order valence-electron chi connectivity index (χ4n) is 3.56. The molecule has 2 N–H and O–H groups in total. The van der Waals surface area contributed by atoms with Crippen LogP contribution in [0.1, 0.15) is 59.4 Å². The van der Waals surface area contributed by atoms with Gasteiger partial charge in [0, 0.05) is 0 Å². The molecule has 1 aliphatic rings. The molecular formula is C18H31BO3Si. The molecule has 0 unspecified atom stereocenters. The van der Waals surface area contributed by atoms with Gasteiger partial charge in [-0.3, -0.25) is 0 Å². The van der Waals surface area contributed by atoms with Gasteiger partial charge in [0.05, 0.1) is 0 Å². The molecular weight excluding hydrogens is 303 g/mol. The van der Waals surface area contributed by atoms with Crippen molar-refractivity contribution in [3.05, 3.63) is 29.8 Å². The van der Waals surface area contributed by atoms with E-state index < -0.39 is 8.32 Å². The molecule has 1 fully saturated rings. The smallest absolute Gasteiger partial charge is 0.870 e. The van der Waals surface area contributed by atoms with E-state index in [1.807, 2.05) is 12.1 Å². The van der Waals surface area contributed by atoms with Gasteiger partial charge in [-0.1, -0.05) is 0 Å². The molecule has 1 aliphatic heterocycles. The molecule has 0 radical (unpaired) electrons. The average molecular weight is 334 g/mol. The van der Waals surface area contributed by atoms with Gasteiger partial charge in [-0.2, -0.15) is 0 Å². The van der Waals surface area contributed by atoms with Gasteiger partial charge in [0.25, 0.3) is 0 Å². The summed E-state index contributed by atoms with van der Waals surface area (Å²) in [5, 5.41) is 0.290. The number of benzene rings is 1. The standard InChI is InChI=1S/C18H29BOSi.2H2O/c1-17(2,3)21(13-7-6-8-14-21)20-18(4,5)15-9-11-16(19)12-10-15;;/h9-12H,6-8,13-14H2,1-5H3;2*1H2/q+2;;/p-2. The minimum absolute atomic E-state index is 0. The zero-order valence-electron chi connectivity index (χ0n) is 15.2. The van der Waals surface area contributed by atoms with Crippen molar-refractivity contribution in [2.75, 3.05) is 0 Å². The fraction of sp³-hybridized carbons (Fsp3) is 0.667. The molecule has 0 amide bonds. The second kappa shape index (κ2) is 7.97. The first kappa shape index (κ1) is 22.4. The van der Waals surface area contributed by atoms with Gasteiger partial charge < -0.3 is 11.0 Å². The zero-order chi connectivity index (χ0) is 15.7. The van der Waals surface area contributed by atoms with Gasteiger partial charge in [-0.25, -0.2) is 0 Å². The van der Waals surface area contributed by atoms with E-state index >= 15 is 0 Å². The topological polar surface area (TPSA) is 69.2 Å². The van der Waals surface area contributed by atoms with Crippen molar-refractivity contribution >= 4 is 21.6 Å². The molecule has 0 aliphatic carbocycles. The Labute approximate surface area is 144 Å². The molecule has 2 rings (SSSR count). The maximum atomic E-state index is 6.95. The largest absolute Gasteiger partial charge is 0.870 e. The summed E-state index contributed by atoms with van der Waals surface area (Å²) < 4.78 is 6.95. The Hall–Kier alpha value is -0.618. The van der Waals surface area contributed by atoms with E-state index in [2.05, 4.69) is 46.8 Å². The van der Waals surface area contributed by atoms with Crippen LogP contribution < -0.4 is 5.46 Å². The molecule has 1 heterocycles. The molecule has 5 heteroatoms. The van der Waals surface area contributed by atoms with Crippen LogP contribution in [0.15, 0.2) is 24.3 Å². The molecule has 1 aromatic rings. The molecule has 0 saturated carbocycles. The second-order valence-corrected chi connectivity index (χ2v) is 12.7. The minimum atomic E-state index is -1.75. The van der Waals surface area contributed by atoms with E-state index in [1.54, 1.807) is 0 Å². The molecule has 3 nitrogen and oxygen atoms in total. The molecule has 0 aromatic heterocycles. The van der Waals surface area contributed by atoms with Crippen LogP contribution >= 0.6 is 0 Å². The van der Waals surface area contributed by atoms with Crippen LogP contribution in [0.5, 0.6) is 0 Å². The molecule has 1 saturated heterocycles. The maximum absolute atomic E-state index is 6.95. The maximum Gasteiger partial charge on any atom is -0.870 e. The van der Waals surface area contributed by atoms with Gasteiger partial charge in [-0.05, 0) is 0 Å². The second-order valence-electron chi connectivity index (χ2n) is 8.04. The van der Waals surface area contributed by atoms with Crippen LogP contribution in [0.3, 0.4) is 0 Å². The summed E-state index contributed by atoms with van der Waals surface area (Å²) in [4.78, 5) is 0. The number of hydrogen-bond donors (Lipinski definition) is 0. The van der Waals surface area contributed by atoms with Gasteiger partial charge in [-0.15, -0.1) is 0 Å². The normalized spacial score (nSPS) is 17.9. The van der Waals surface area contributed by atoms with Crippen molar-refractivity contribution in [3.63, 3.8) is 0 Å². The number of hydrogen-bond acceptors (Lipinski definition) is 3. The van der Waals surface area contributed by atoms with Gasteiger partial charge in [0.1, 0.15) is 0 Å². The number of rotatable bonds is 3. The van der Waals surface area contributed by atoms with Crippen molar-refractivity contribution < 1.29 is 15.4 Å². The van der Waals surface area contributed by atoms with Crippen LogP contribution in [0.2, 0.25) is 17.1 Å². The minimum Gasteiger partial charge on any atom is -0.870 e. The summed E-state index contributed by atoms with van der Waals surface area (Å²) in [5.74, 6) is 0. The van der Waals surface area contributed by atoms with Crippen molar-refractivity contribution in [3.8, 4) is 0 Å².